The normalized spacial score (nSPS) is 16.4. The molecule has 0 aliphatic carbocycles. The number of benzene rings is 1. The van der Waals surface area contributed by atoms with Crippen molar-refractivity contribution in [3.63, 3.8) is 0 Å². The van der Waals surface area contributed by atoms with Crippen LogP contribution in [0.1, 0.15) is 35.6 Å². The number of hydrogen-bond acceptors (Lipinski definition) is 2. The minimum absolute atomic E-state index is 0.111. The molecule has 1 saturated heterocycles. The van der Waals surface area contributed by atoms with Crippen LogP contribution < -0.4 is 4.90 Å². The largest absolute Gasteiger partial charge is 0.332 e. The fourth-order valence-corrected chi connectivity index (χ4v) is 4.09. The van der Waals surface area contributed by atoms with Crippen LogP contribution in [-0.2, 0) is 4.79 Å². The third-order valence-electron chi connectivity index (χ3n) is 5.64. The molecule has 1 aromatic heterocycles. The Morgan fingerprint density at radius 1 is 1.11 bits per heavy atom. The average Bonchev–Trinajstić information content (AvgIpc) is 2.95. The second kappa shape index (κ2) is 7.87. The summed E-state index contributed by atoms with van der Waals surface area (Å²) in [5.74, 6) is 0.272. The van der Waals surface area contributed by atoms with Gasteiger partial charge in [-0.1, -0.05) is 11.6 Å². The fraction of sp³-hybridized carbons (Fsp3) is 0.429. The van der Waals surface area contributed by atoms with Gasteiger partial charge in [-0.25, -0.2) is 0 Å². The first-order valence-corrected chi connectivity index (χ1v) is 9.76. The molecule has 3 rings (SSSR count). The molecule has 0 saturated carbocycles. The van der Waals surface area contributed by atoms with E-state index in [-0.39, 0.29) is 17.7 Å². The minimum Gasteiger partial charge on any atom is -0.332 e. The maximum Gasteiger partial charge on any atom is 0.221 e. The summed E-state index contributed by atoms with van der Waals surface area (Å²) in [6.45, 7) is 10.6. The summed E-state index contributed by atoms with van der Waals surface area (Å²) < 4.78 is 2.10. The lowest BCUT2D eigenvalue weighted by Crippen LogP contribution is -3.18. The van der Waals surface area contributed by atoms with Crippen LogP contribution in [0.4, 0.5) is 0 Å². The number of ketones is 1. The number of Topliss-reactive ketones (excluding diaryl/α,β-unsaturated/α-hetero) is 1. The van der Waals surface area contributed by atoms with Crippen molar-refractivity contribution in [1.82, 2.24) is 9.47 Å². The Morgan fingerprint density at radius 2 is 1.70 bits per heavy atom. The summed E-state index contributed by atoms with van der Waals surface area (Å²) in [4.78, 5) is 27.8. The molecule has 6 heteroatoms. The Bertz CT molecular complexity index is 849. The standard InChI is InChI=1S/C21H26ClN3O2/c1-14-13-20(15(2)25(14)19-7-5-18(22)6-8-19)21(27)16(3)23-9-11-24(12-10-23)17(4)26/h5-8,13,16H,9-12H2,1-4H3/p+1/t16-/m0/s1. The van der Waals surface area contributed by atoms with Gasteiger partial charge in [-0.3, -0.25) is 9.59 Å². The van der Waals surface area contributed by atoms with Gasteiger partial charge in [-0.15, -0.1) is 0 Å². The molecule has 1 fully saturated rings. The topological polar surface area (TPSA) is 46.8 Å². The van der Waals surface area contributed by atoms with Crippen molar-refractivity contribution >= 4 is 23.3 Å². The van der Waals surface area contributed by atoms with Crippen molar-refractivity contribution in [3.05, 3.63) is 52.3 Å². The van der Waals surface area contributed by atoms with E-state index in [1.165, 1.54) is 4.90 Å². The molecule has 1 amide bonds. The molecule has 1 N–H and O–H groups in total. The van der Waals surface area contributed by atoms with Gasteiger partial charge in [0.25, 0.3) is 0 Å². The molecule has 0 radical (unpaired) electrons. The Labute approximate surface area is 165 Å². The molecule has 1 aliphatic rings. The van der Waals surface area contributed by atoms with E-state index in [2.05, 4.69) is 4.57 Å². The first-order valence-electron chi connectivity index (χ1n) is 9.38. The van der Waals surface area contributed by atoms with Crippen LogP contribution in [0.3, 0.4) is 0 Å². The van der Waals surface area contributed by atoms with Gasteiger partial charge in [0.2, 0.25) is 11.7 Å². The van der Waals surface area contributed by atoms with Gasteiger partial charge >= 0.3 is 0 Å². The highest BCUT2D eigenvalue weighted by atomic mass is 35.5. The zero-order valence-corrected chi connectivity index (χ0v) is 17.1. The van der Waals surface area contributed by atoms with Gasteiger partial charge in [0, 0.05) is 34.6 Å². The Balaban J connectivity index is 1.80. The number of piperazine rings is 1. The molecule has 2 heterocycles. The molecular formula is C21H27ClN3O2+. The first-order chi connectivity index (χ1) is 12.8. The van der Waals surface area contributed by atoms with Crippen LogP contribution in [0.15, 0.2) is 30.3 Å². The minimum atomic E-state index is -0.127. The highest BCUT2D eigenvalue weighted by Crippen LogP contribution is 2.23. The van der Waals surface area contributed by atoms with Crippen molar-refractivity contribution in [2.75, 3.05) is 26.2 Å². The highest BCUT2D eigenvalue weighted by molar-refractivity contribution is 6.30. The summed E-state index contributed by atoms with van der Waals surface area (Å²) in [5.41, 5.74) is 3.76. The van der Waals surface area contributed by atoms with Gasteiger partial charge in [-0.05, 0) is 51.1 Å². The van der Waals surface area contributed by atoms with E-state index in [4.69, 9.17) is 11.6 Å². The second-order valence-electron chi connectivity index (χ2n) is 7.35. The molecular weight excluding hydrogens is 362 g/mol. The molecule has 1 aromatic carbocycles. The number of aromatic nitrogens is 1. The van der Waals surface area contributed by atoms with Crippen LogP contribution >= 0.6 is 11.6 Å². The van der Waals surface area contributed by atoms with Gasteiger partial charge in [0.15, 0.2) is 0 Å². The first kappa shape index (κ1) is 19.6. The third kappa shape index (κ3) is 3.94. The summed E-state index contributed by atoms with van der Waals surface area (Å²) >= 11 is 6.00. The maximum absolute atomic E-state index is 13.2. The average molecular weight is 389 g/mol. The van der Waals surface area contributed by atoms with Crippen molar-refractivity contribution < 1.29 is 14.5 Å². The van der Waals surface area contributed by atoms with Crippen LogP contribution in [0, 0.1) is 13.8 Å². The lowest BCUT2D eigenvalue weighted by Gasteiger charge is -2.34. The number of carbonyl (C=O) groups is 2. The number of amides is 1. The van der Waals surface area contributed by atoms with Crippen LogP contribution in [0.5, 0.6) is 0 Å². The summed E-state index contributed by atoms with van der Waals surface area (Å²) in [6.07, 6.45) is 0. The smallest absolute Gasteiger partial charge is 0.221 e. The van der Waals surface area contributed by atoms with E-state index in [0.717, 1.165) is 35.7 Å². The number of hydrogen-bond donors (Lipinski definition) is 1. The molecule has 1 atom stereocenters. The maximum atomic E-state index is 13.2. The number of carbonyl (C=O) groups excluding carboxylic acids is 2. The van der Waals surface area contributed by atoms with E-state index < -0.39 is 0 Å². The summed E-state index contributed by atoms with van der Waals surface area (Å²) in [5, 5.41) is 0.694. The third-order valence-corrected chi connectivity index (χ3v) is 5.89. The zero-order valence-electron chi connectivity index (χ0n) is 16.4. The molecule has 27 heavy (non-hydrogen) atoms. The summed E-state index contributed by atoms with van der Waals surface area (Å²) in [7, 11) is 0. The number of rotatable bonds is 4. The number of nitrogens with zero attached hydrogens (tertiary/aromatic N) is 2. The number of halogens is 1. The van der Waals surface area contributed by atoms with Crippen LogP contribution in [0.25, 0.3) is 5.69 Å². The predicted molar refractivity (Wildman–Crippen MR) is 107 cm³/mol. The monoisotopic (exact) mass is 388 g/mol. The zero-order chi connectivity index (χ0) is 19.7. The van der Waals surface area contributed by atoms with E-state index >= 15 is 0 Å². The summed E-state index contributed by atoms with van der Waals surface area (Å²) in [6, 6.07) is 9.50. The van der Waals surface area contributed by atoms with Gasteiger partial charge in [-0.2, -0.15) is 0 Å². The van der Waals surface area contributed by atoms with E-state index in [1.54, 1.807) is 6.92 Å². The second-order valence-corrected chi connectivity index (χ2v) is 7.78. The Hall–Kier alpha value is -2.11. The SMILES string of the molecule is CC(=O)N1CC[NH+]([C@@H](C)C(=O)c2cc(C)n(-c3ccc(Cl)cc3)c2C)CC1. The van der Waals surface area contributed by atoms with Crippen LogP contribution in [0.2, 0.25) is 5.02 Å². The van der Waals surface area contributed by atoms with Gasteiger partial charge in [0.1, 0.15) is 6.04 Å². The molecule has 1 aliphatic heterocycles. The van der Waals surface area contributed by atoms with Crippen molar-refractivity contribution in [3.8, 4) is 5.69 Å². The van der Waals surface area contributed by atoms with Gasteiger partial charge < -0.3 is 14.4 Å². The number of aryl methyl sites for hydroxylation is 1. The lowest BCUT2D eigenvalue weighted by atomic mass is 10.0. The quantitative estimate of drug-likeness (QED) is 0.815. The predicted octanol–water partition coefficient (Wildman–Crippen LogP) is 2.07. The van der Waals surface area contributed by atoms with E-state index in [0.29, 0.717) is 18.1 Å². The van der Waals surface area contributed by atoms with E-state index in [1.807, 2.05) is 56.0 Å². The van der Waals surface area contributed by atoms with Gasteiger partial charge in [0.05, 0.1) is 26.2 Å². The van der Waals surface area contributed by atoms with Crippen LogP contribution in [-0.4, -0.2) is 53.4 Å². The molecule has 0 bridgehead atoms. The molecule has 5 nitrogen and oxygen atoms in total. The number of quaternary nitrogens is 1. The number of nitrogens with one attached hydrogen (secondary N) is 1. The van der Waals surface area contributed by atoms with Crippen molar-refractivity contribution in [2.24, 2.45) is 0 Å². The van der Waals surface area contributed by atoms with Crippen molar-refractivity contribution in [2.45, 2.75) is 33.7 Å². The van der Waals surface area contributed by atoms with Crippen molar-refractivity contribution in [1.29, 1.82) is 0 Å². The van der Waals surface area contributed by atoms with E-state index in [9.17, 15) is 9.59 Å². The fourth-order valence-electron chi connectivity index (χ4n) is 3.96. The highest BCUT2D eigenvalue weighted by Gasteiger charge is 2.32. The molecule has 0 unspecified atom stereocenters. The lowest BCUT2D eigenvalue weighted by molar-refractivity contribution is -0.917. The molecule has 0 spiro atoms. The Kier molecular flexibility index (Phi) is 5.72. The molecule has 2 aromatic rings. The molecule has 144 valence electrons. The Morgan fingerprint density at radius 3 is 2.26 bits per heavy atom.